The minimum Gasteiger partial charge on any atom is -0.465 e. The van der Waals surface area contributed by atoms with Crippen LogP contribution in [0.4, 0.5) is 0 Å². The van der Waals surface area contributed by atoms with Crippen LogP contribution in [0.2, 0.25) is 0 Å². The molecule has 0 aliphatic carbocycles. The molecule has 3 rings (SSSR count). The Bertz CT molecular complexity index is 797. The number of ether oxygens (including phenoxy) is 1. The maximum absolute atomic E-state index is 12.1. The van der Waals surface area contributed by atoms with Crippen molar-refractivity contribution in [3.05, 3.63) is 41.9 Å². The highest BCUT2D eigenvalue weighted by molar-refractivity contribution is 5.77. The van der Waals surface area contributed by atoms with Crippen LogP contribution in [0.1, 0.15) is 43.7 Å². The van der Waals surface area contributed by atoms with Crippen molar-refractivity contribution in [1.29, 1.82) is 0 Å². The summed E-state index contributed by atoms with van der Waals surface area (Å²) in [5.41, 5.74) is 0. The lowest BCUT2D eigenvalue weighted by Crippen LogP contribution is -2.34. The molecule has 158 valence electrons. The van der Waals surface area contributed by atoms with Gasteiger partial charge in [0.1, 0.15) is 18.2 Å². The van der Waals surface area contributed by atoms with Gasteiger partial charge in [0.25, 0.3) is 0 Å². The van der Waals surface area contributed by atoms with Crippen molar-refractivity contribution < 1.29 is 13.9 Å². The Balaban J connectivity index is 1.66. The van der Waals surface area contributed by atoms with E-state index in [1.807, 2.05) is 18.2 Å². The average molecular weight is 402 g/mol. The molecule has 1 aliphatic rings. The monoisotopic (exact) mass is 401 g/mol. The van der Waals surface area contributed by atoms with Crippen molar-refractivity contribution in [1.82, 2.24) is 25.0 Å². The molecule has 1 atom stereocenters. The number of hydrogen-bond donors (Lipinski definition) is 1. The van der Waals surface area contributed by atoms with Crippen molar-refractivity contribution in [2.24, 2.45) is 5.92 Å². The Kier molecular flexibility index (Phi) is 7.60. The molecule has 8 heteroatoms. The average Bonchev–Trinajstić information content (AvgIpc) is 3.28. The molecule has 2 aromatic heterocycles. The zero-order chi connectivity index (χ0) is 20.6. The molecule has 0 radical (unpaired) electrons. The summed E-state index contributed by atoms with van der Waals surface area (Å²) in [6.45, 7) is 7.82. The topological polar surface area (TPSA) is 85.4 Å². The lowest BCUT2D eigenvalue weighted by Gasteiger charge is -2.21. The maximum Gasteiger partial charge on any atom is 0.246 e. The quantitative estimate of drug-likeness (QED) is 0.694. The van der Waals surface area contributed by atoms with Gasteiger partial charge in [-0.05, 0) is 30.5 Å². The number of amides is 1. The number of carbonyl (C=O) groups is 1. The molecule has 0 bridgehead atoms. The summed E-state index contributed by atoms with van der Waals surface area (Å²) in [5.74, 6) is 2.97. The van der Waals surface area contributed by atoms with Crippen molar-refractivity contribution in [3.8, 4) is 0 Å². The number of nitrogens with one attached hydrogen (secondary N) is 1. The molecule has 0 fully saturated rings. The first-order valence-electron chi connectivity index (χ1n) is 10.2. The van der Waals surface area contributed by atoms with Crippen molar-refractivity contribution >= 4 is 12.0 Å². The molecule has 1 aliphatic heterocycles. The molecule has 2 aromatic rings. The summed E-state index contributed by atoms with van der Waals surface area (Å²) in [6.07, 6.45) is 7.45. The smallest absolute Gasteiger partial charge is 0.246 e. The fourth-order valence-corrected chi connectivity index (χ4v) is 3.60. The Morgan fingerprint density at radius 3 is 2.93 bits per heavy atom. The van der Waals surface area contributed by atoms with E-state index in [9.17, 15) is 4.79 Å². The van der Waals surface area contributed by atoms with Gasteiger partial charge in [0.15, 0.2) is 5.82 Å². The molecule has 0 saturated carbocycles. The van der Waals surface area contributed by atoms with Crippen LogP contribution in [0.5, 0.6) is 0 Å². The third-order valence-electron chi connectivity index (χ3n) is 4.97. The number of rotatable bonds is 9. The number of aromatic nitrogens is 3. The third kappa shape index (κ3) is 6.01. The van der Waals surface area contributed by atoms with E-state index in [1.54, 1.807) is 6.26 Å². The van der Waals surface area contributed by atoms with E-state index in [0.29, 0.717) is 5.92 Å². The van der Waals surface area contributed by atoms with E-state index in [1.165, 1.54) is 7.11 Å². The minimum atomic E-state index is -0.163. The van der Waals surface area contributed by atoms with Crippen molar-refractivity contribution in [2.75, 3.05) is 33.4 Å². The van der Waals surface area contributed by atoms with E-state index >= 15 is 0 Å². The fraction of sp³-hybridized carbons (Fsp3) is 0.571. The van der Waals surface area contributed by atoms with Gasteiger partial charge in [-0.3, -0.25) is 9.69 Å². The molecule has 0 aromatic carbocycles. The first kappa shape index (κ1) is 21.3. The molecule has 0 saturated heterocycles. The Morgan fingerprint density at radius 2 is 2.21 bits per heavy atom. The Morgan fingerprint density at radius 1 is 1.34 bits per heavy atom. The number of carbonyl (C=O) groups excluding carboxylic acids is 1. The van der Waals surface area contributed by atoms with Gasteiger partial charge in [0.2, 0.25) is 5.91 Å². The number of hydrogen-bond acceptors (Lipinski definition) is 6. The van der Waals surface area contributed by atoms with E-state index in [4.69, 9.17) is 9.15 Å². The molecule has 29 heavy (non-hydrogen) atoms. The van der Waals surface area contributed by atoms with Crippen LogP contribution in [0.25, 0.3) is 6.08 Å². The van der Waals surface area contributed by atoms with Crippen LogP contribution in [-0.4, -0.2) is 58.9 Å². The van der Waals surface area contributed by atoms with E-state index in [2.05, 4.69) is 44.9 Å². The van der Waals surface area contributed by atoms with Crippen LogP contribution < -0.4 is 5.32 Å². The van der Waals surface area contributed by atoms with Crippen LogP contribution in [0.3, 0.4) is 0 Å². The van der Waals surface area contributed by atoms with Crippen LogP contribution >= 0.6 is 0 Å². The van der Waals surface area contributed by atoms with Gasteiger partial charge in [0.05, 0.1) is 12.3 Å². The number of methoxy groups -OCH3 is 1. The van der Waals surface area contributed by atoms with E-state index < -0.39 is 0 Å². The summed E-state index contributed by atoms with van der Waals surface area (Å²) in [7, 11) is 1.52. The maximum atomic E-state index is 12.1. The zero-order valence-electron chi connectivity index (χ0n) is 17.5. The minimum absolute atomic E-state index is 0.0470. The van der Waals surface area contributed by atoms with Crippen molar-refractivity contribution in [3.63, 3.8) is 0 Å². The first-order valence-corrected chi connectivity index (χ1v) is 10.2. The summed E-state index contributed by atoms with van der Waals surface area (Å²) < 4.78 is 12.5. The van der Waals surface area contributed by atoms with Gasteiger partial charge in [-0.25, -0.2) is 0 Å². The van der Waals surface area contributed by atoms with E-state index in [0.717, 1.165) is 56.4 Å². The van der Waals surface area contributed by atoms with Gasteiger partial charge in [0, 0.05) is 39.7 Å². The molecule has 1 amide bonds. The fourth-order valence-electron chi connectivity index (χ4n) is 3.60. The standard InChI is InChI=1S/C21H31N5O3/c1-16(2)14-18(22-20(27)15-28-3)21-24-23-19-8-10-25(11-12-26(19)21)9-4-6-17-7-5-13-29-17/h4-7,13,16,18H,8-12,14-15H2,1-3H3,(H,22,27)/b6-4+/t18-/m0/s1. The van der Waals surface area contributed by atoms with Gasteiger partial charge in [-0.1, -0.05) is 19.9 Å². The first-order chi connectivity index (χ1) is 14.1. The van der Waals surface area contributed by atoms with Crippen molar-refractivity contribution in [2.45, 2.75) is 39.3 Å². The number of furan rings is 1. The second-order valence-corrected chi connectivity index (χ2v) is 7.78. The lowest BCUT2D eigenvalue weighted by molar-refractivity contribution is -0.125. The number of nitrogens with zero attached hydrogens (tertiary/aromatic N) is 4. The van der Waals surface area contributed by atoms with Gasteiger partial charge < -0.3 is 19.0 Å². The largest absolute Gasteiger partial charge is 0.465 e. The normalized spacial score (nSPS) is 16.1. The third-order valence-corrected chi connectivity index (χ3v) is 4.97. The molecule has 3 heterocycles. The van der Waals surface area contributed by atoms with Crippen LogP contribution in [0, 0.1) is 5.92 Å². The molecular formula is C21H31N5O3. The number of fused-ring (bicyclic) bond motifs is 1. The SMILES string of the molecule is COCC(=O)N[C@@H](CC(C)C)c1nnc2n1CCN(C/C=C/c1ccco1)CC2. The second kappa shape index (κ2) is 10.4. The Labute approximate surface area is 171 Å². The van der Waals surface area contributed by atoms with Crippen LogP contribution in [-0.2, 0) is 22.5 Å². The highest BCUT2D eigenvalue weighted by atomic mass is 16.5. The Hall–Kier alpha value is -2.45. The summed E-state index contributed by atoms with van der Waals surface area (Å²) in [6, 6.07) is 3.67. The van der Waals surface area contributed by atoms with Gasteiger partial charge >= 0.3 is 0 Å². The molecule has 8 nitrogen and oxygen atoms in total. The predicted octanol–water partition coefficient (Wildman–Crippen LogP) is 2.29. The molecule has 0 unspecified atom stereocenters. The van der Waals surface area contributed by atoms with Crippen LogP contribution in [0.15, 0.2) is 28.9 Å². The lowest BCUT2D eigenvalue weighted by atomic mass is 10.0. The highest BCUT2D eigenvalue weighted by Gasteiger charge is 2.25. The molecule has 0 spiro atoms. The summed E-state index contributed by atoms with van der Waals surface area (Å²) in [5, 5.41) is 11.9. The zero-order valence-corrected chi connectivity index (χ0v) is 17.5. The summed E-state index contributed by atoms with van der Waals surface area (Å²) >= 11 is 0. The summed E-state index contributed by atoms with van der Waals surface area (Å²) in [4.78, 5) is 14.5. The molecule has 1 N–H and O–H groups in total. The van der Waals surface area contributed by atoms with E-state index in [-0.39, 0.29) is 18.6 Å². The predicted molar refractivity (Wildman–Crippen MR) is 110 cm³/mol. The van der Waals surface area contributed by atoms with Gasteiger partial charge in [-0.15, -0.1) is 10.2 Å². The highest BCUT2D eigenvalue weighted by Crippen LogP contribution is 2.22. The second-order valence-electron chi connectivity index (χ2n) is 7.78. The molecular weight excluding hydrogens is 370 g/mol. The van der Waals surface area contributed by atoms with Gasteiger partial charge in [-0.2, -0.15) is 0 Å².